The van der Waals surface area contributed by atoms with Gasteiger partial charge in [0.25, 0.3) is 0 Å². The number of hydrogen-bond donors (Lipinski definition) is 1. The van der Waals surface area contributed by atoms with Crippen LogP contribution < -0.4 is 5.69 Å². The summed E-state index contributed by atoms with van der Waals surface area (Å²) in [5.74, 6) is -0.984. The minimum atomic E-state index is -0.984. The average molecular weight is 275 g/mol. The van der Waals surface area contributed by atoms with E-state index in [0.29, 0.717) is 11.2 Å². The molecule has 0 aliphatic carbocycles. The van der Waals surface area contributed by atoms with Crippen LogP contribution >= 0.6 is 11.3 Å². The fourth-order valence-electron chi connectivity index (χ4n) is 1.88. The van der Waals surface area contributed by atoms with E-state index in [1.807, 2.05) is 0 Å². The molecule has 0 aliphatic heterocycles. The SMILES string of the molecule is O=C(O)c1sccc1Cn1nc2ccccn2c1=O. The first-order valence-electron chi connectivity index (χ1n) is 5.50. The second kappa shape index (κ2) is 4.36. The van der Waals surface area contributed by atoms with E-state index >= 15 is 0 Å². The van der Waals surface area contributed by atoms with E-state index in [-0.39, 0.29) is 17.1 Å². The molecule has 0 spiro atoms. The van der Waals surface area contributed by atoms with Crippen molar-refractivity contribution in [2.75, 3.05) is 0 Å². The molecule has 19 heavy (non-hydrogen) atoms. The molecule has 0 atom stereocenters. The Hall–Kier alpha value is -2.41. The van der Waals surface area contributed by atoms with Crippen LogP contribution in [0.3, 0.4) is 0 Å². The van der Waals surface area contributed by atoms with Crippen LogP contribution in [0.4, 0.5) is 0 Å². The Morgan fingerprint density at radius 3 is 2.95 bits per heavy atom. The average Bonchev–Trinajstić information content (AvgIpc) is 2.97. The number of pyridine rings is 1. The molecule has 3 aromatic heterocycles. The summed E-state index contributed by atoms with van der Waals surface area (Å²) in [6.07, 6.45) is 1.63. The molecule has 0 amide bonds. The van der Waals surface area contributed by atoms with Gasteiger partial charge in [0.15, 0.2) is 5.65 Å². The zero-order valence-corrected chi connectivity index (χ0v) is 10.5. The third-order valence-electron chi connectivity index (χ3n) is 2.75. The minimum absolute atomic E-state index is 0.158. The van der Waals surface area contributed by atoms with Crippen LogP contribution in [0.5, 0.6) is 0 Å². The predicted octanol–water partition coefficient (Wildman–Crippen LogP) is 1.30. The molecule has 0 aromatic carbocycles. The maximum atomic E-state index is 12.1. The number of aromatic carboxylic acids is 1. The molecule has 3 heterocycles. The van der Waals surface area contributed by atoms with Crippen LogP contribution in [-0.2, 0) is 6.54 Å². The zero-order valence-electron chi connectivity index (χ0n) is 9.68. The van der Waals surface area contributed by atoms with Gasteiger partial charge in [0.1, 0.15) is 4.88 Å². The maximum Gasteiger partial charge on any atom is 0.350 e. The van der Waals surface area contributed by atoms with Gasteiger partial charge in [-0.2, -0.15) is 0 Å². The zero-order chi connectivity index (χ0) is 13.4. The van der Waals surface area contributed by atoms with E-state index in [1.54, 1.807) is 35.8 Å². The Morgan fingerprint density at radius 1 is 1.37 bits per heavy atom. The summed E-state index contributed by atoms with van der Waals surface area (Å²) >= 11 is 1.14. The topological polar surface area (TPSA) is 76.6 Å². The van der Waals surface area contributed by atoms with Gasteiger partial charge in [-0.3, -0.25) is 4.40 Å². The standard InChI is InChI=1S/C12H9N3O3S/c16-11(17)10-8(4-6-19-10)7-15-12(18)14-5-2-1-3-9(14)13-15/h1-6H,7H2,(H,16,17). The van der Waals surface area contributed by atoms with E-state index in [9.17, 15) is 9.59 Å². The third kappa shape index (κ3) is 1.93. The van der Waals surface area contributed by atoms with E-state index in [1.165, 1.54) is 9.08 Å². The second-order valence-corrected chi connectivity index (χ2v) is 4.87. The molecule has 0 unspecified atom stereocenters. The van der Waals surface area contributed by atoms with Gasteiger partial charge in [-0.15, -0.1) is 16.4 Å². The van der Waals surface area contributed by atoms with E-state index < -0.39 is 5.97 Å². The molecule has 0 fully saturated rings. The summed E-state index contributed by atoms with van der Waals surface area (Å²) in [5.41, 5.74) is 0.848. The number of fused-ring (bicyclic) bond motifs is 1. The van der Waals surface area contributed by atoms with Crippen LogP contribution in [0.2, 0.25) is 0 Å². The van der Waals surface area contributed by atoms with Crippen LogP contribution in [0.25, 0.3) is 5.65 Å². The first-order chi connectivity index (χ1) is 9.16. The Kier molecular flexibility index (Phi) is 2.68. The van der Waals surface area contributed by atoms with Crippen molar-refractivity contribution in [3.8, 4) is 0 Å². The second-order valence-electron chi connectivity index (χ2n) is 3.95. The van der Waals surface area contributed by atoms with E-state index in [4.69, 9.17) is 5.11 Å². The minimum Gasteiger partial charge on any atom is -0.477 e. The summed E-state index contributed by atoms with van der Waals surface area (Å²) in [4.78, 5) is 23.3. The number of rotatable bonds is 3. The molecular formula is C12H9N3O3S. The monoisotopic (exact) mass is 275 g/mol. The van der Waals surface area contributed by atoms with Crippen molar-refractivity contribution < 1.29 is 9.90 Å². The Bertz CT molecular complexity index is 815. The Morgan fingerprint density at radius 2 is 2.21 bits per heavy atom. The van der Waals surface area contributed by atoms with Gasteiger partial charge in [-0.05, 0) is 29.1 Å². The largest absolute Gasteiger partial charge is 0.477 e. The highest BCUT2D eigenvalue weighted by Crippen LogP contribution is 2.17. The van der Waals surface area contributed by atoms with Gasteiger partial charge in [0.05, 0.1) is 6.54 Å². The smallest absolute Gasteiger partial charge is 0.350 e. The number of thiophene rings is 1. The Balaban J connectivity index is 2.06. The number of carbonyl (C=O) groups is 1. The van der Waals surface area contributed by atoms with Gasteiger partial charge < -0.3 is 5.11 Å². The number of aromatic nitrogens is 3. The number of carboxylic acid groups (broad SMARTS) is 1. The summed E-state index contributed by atoms with van der Waals surface area (Å²) in [6, 6.07) is 6.96. The summed E-state index contributed by atoms with van der Waals surface area (Å²) in [7, 11) is 0. The highest BCUT2D eigenvalue weighted by Gasteiger charge is 2.14. The van der Waals surface area contributed by atoms with Crippen LogP contribution in [0.1, 0.15) is 15.2 Å². The van der Waals surface area contributed by atoms with Crippen LogP contribution in [0.15, 0.2) is 40.6 Å². The highest BCUT2D eigenvalue weighted by molar-refractivity contribution is 7.12. The molecule has 0 saturated heterocycles. The summed E-state index contributed by atoms with van der Waals surface area (Å²) in [5, 5.41) is 14.9. The first-order valence-corrected chi connectivity index (χ1v) is 6.38. The van der Waals surface area contributed by atoms with Crippen molar-refractivity contribution in [3.63, 3.8) is 0 Å². The van der Waals surface area contributed by atoms with E-state index in [2.05, 4.69) is 5.10 Å². The molecule has 0 saturated carbocycles. The molecule has 3 aromatic rings. The molecular weight excluding hydrogens is 266 g/mol. The maximum absolute atomic E-state index is 12.1. The Labute approximate surface area is 111 Å². The molecule has 0 radical (unpaired) electrons. The molecule has 0 aliphatic rings. The third-order valence-corrected chi connectivity index (χ3v) is 3.69. The molecule has 7 heteroatoms. The molecule has 6 nitrogen and oxygen atoms in total. The number of carboxylic acids is 1. The van der Waals surface area contributed by atoms with Crippen molar-refractivity contribution in [2.45, 2.75) is 6.54 Å². The first kappa shape index (κ1) is 11.7. The van der Waals surface area contributed by atoms with Crippen LogP contribution in [-0.4, -0.2) is 25.3 Å². The summed E-state index contributed by atoms with van der Waals surface area (Å²) in [6.45, 7) is 0.158. The summed E-state index contributed by atoms with van der Waals surface area (Å²) < 4.78 is 2.69. The number of hydrogen-bond acceptors (Lipinski definition) is 4. The van der Waals surface area contributed by atoms with Crippen molar-refractivity contribution in [2.24, 2.45) is 0 Å². The highest BCUT2D eigenvalue weighted by atomic mass is 32.1. The fraction of sp³-hybridized carbons (Fsp3) is 0.0833. The van der Waals surface area contributed by atoms with Crippen LogP contribution in [0, 0.1) is 0 Å². The van der Waals surface area contributed by atoms with Gasteiger partial charge in [0.2, 0.25) is 0 Å². The van der Waals surface area contributed by atoms with Gasteiger partial charge >= 0.3 is 11.7 Å². The quantitative estimate of drug-likeness (QED) is 0.781. The number of nitrogens with zero attached hydrogens (tertiary/aromatic N) is 3. The van der Waals surface area contributed by atoms with Gasteiger partial charge in [-0.25, -0.2) is 14.3 Å². The lowest BCUT2D eigenvalue weighted by molar-refractivity contribution is 0.0701. The molecule has 3 rings (SSSR count). The van der Waals surface area contributed by atoms with Gasteiger partial charge in [-0.1, -0.05) is 6.07 Å². The normalized spacial score (nSPS) is 10.9. The van der Waals surface area contributed by atoms with Crippen molar-refractivity contribution in [1.29, 1.82) is 0 Å². The van der Waals surface area contributed by atoms with Crippen molar-refractivity contribution in [3.05, 3.63) is 56.8 Å². The lowest BCUT2D eigenvalue weighted by atomic mass is 10.2. The predicted molar refractivity (Wildman–Crippen MR) is 69.8 cm³/mol. The van der Waals surface area contributed by atoms with E-state index in [0.717, 1.165) is 11.3 Å². The molecule has 1 N–H and O–H groups in total. The van der Waals surface area contributed by atoms with Crippen molar-refractivity contribution >= 4 is 23.0 Å². The fourth-order valence-corrected chi connectivity index (χ4v) is 2.63. The molecule has 0 bridgehead atoms. The van der Waals surface area contributed by atoms with Gasteiger partial charge in [0, 0.05) is 6.20 Å². The lowest BCUT2D eigenvalue weighted by Gasteiger charge is -1.98. The van der Waals surface area contributed by atoms with Crippen molar-refractivity contribution in [1.82, 2.24) is 14.2 Å². The molecule has 96 valence electrons. The lowest BCUT2D eigenvalue weighted by Crippen LogP contribution is -2.22.